The van der Waals surface area contributed by atoms with Gasteiger partial charge in [-0.15, -0.1) is 0 Å². The summed E-state index contributed by atoms with van der Waals surface area (Å²) in [6.45, 7) is 0.964. The topological polar surface area (TPSA) is 53.7 Å². The fourth-order valence-corrected chi connectivity index (χ4v) is 2.34. The SMILES string of the molecule is O=C(CN(CCO)C1CC1)c1cc2ccccc2o1. The largest absolute Gasteiger partial charge is 0.453 e. The maximum Gasteiger partial charge on any atom is 0.211 e. The van der Waals surface area contributed by atoms with Crippen LogP contribution in [0.3, 0.4) is 0 Å². The molecular formula is C15H17NO3. The van der Waals surface area contributed by atoms with Crippen LogP contribution in [0, 0.1) is 0 Å². The lowest BCUT2D eigenvalue weighted by molar-refractivity contribution is 0.0882. The standard InChI is InChI=1S/C15H17NO3/c17-8-7-16(12-5-6-12)10-13(18)15-9-11-3-1-2-4-14(11)19-15/h1-4,9,12,17H,5-8,10H2. The van der Waals surface area contributed by atoms with E-state index in [0.717, 1.165) is 23.8 Å². The summed E-state index contributed by atoms with van der Waals surface area (Å²) in [5.74, 6) is 0.390. The average molecular weight is 259 g/mol. The number of hydrogen-bond donors (Lipinski definition) is 1. The van der Waals surface area contributed by atoms with Gasteiger partial charge in [-0.3, -0.25) is 9.69 Å². The van der Waals surface area contributed by atoms with E-state index < -0.39 is 0 Å². The number of Topliss-reactive ketones (excluding diaryl/α,β-unsaturated/α-hetero) is 1. The maximum atomic E-state index is 12.2. The van der Waals surface area contributed by atoms with E-state index in [1.165, 1.54) is 0 Å². The summed E-state index contributed by atoms with van der Waals surface area (Å²) in [7, 11) is 0. The molecule has 4 nitrogen and oxygen atoms in total. The van der Waals surface area contributed by atoms with E-state index in [0.29, 0.717) is 24.9 Å². The van der Waals surface area contributed by atoms with Crippen molar-refractivity contribution in [1.82, 2.24) is 4.90 Å². The fraction of sp³-hybridized carbons (Fsp3) is 0.400. The molecule has 1 aromatic heterocycles. The Morgan fingerprint density at radius 3 is 2.84 bits per heavy atom. The van der Waals surface area contributed by atoms with Gasteiger partial charge in [0.15, 0.2) is 5.76 Å². The number of aliphatic hydroxyl groups is 1. The number of nitrogens with zero attached hydrogens (tertiary/aromatic N) is 1. The minimum atomic E-state index is -0.0171. The third-order valence-electron chi connectivity index (χ3n) is 3.50. The van der Waals surface area contributed by atoms with Crippen molar-refractivity contribution in [2.75, 3.05) is 19.7 Å². The first kappa shape index (κ1) is 12.4. The minimum absolute atomic E-state index is 0.0171. The number of rotatable bonds is 6. The zero-order chi connectivity index (χ0) is 13.2. The van der Waals surface area contributed by atoms with E-state index in [-0.39, 0.29) is 12.4 Å². The second kappa shape index (κ2) is 5.15. The molecule has 1 aliphatic rings. The summed E-state index contributed by atoms with van der Waals surface area (Å²) >= 11 is 0. The Balaban J connectivity index is 1.75. The molecule has 100 valence electrons. The van der Waals surface area contributed by atoms with Crippen molar-refractivity contribution in [1.29, 1.82) is 0 Å². The van der Waals surface area contributed by atoms with Crippen molar-refractivity contribution < 1.29 is 14.3 Å². The van der Waals surface area contributed by atoms with Gasteiger partial charge < -0.3 is 9.52 Å². The number of carbonyl (C=O) groups is 1. The van der Waals surface area contributed by atoms with Crippen LogP contribution in [0.2, 0.25) is 0 Å². The Morgan fingerprint density at radius 2 is 2.16 bits per heavy atom. The molecule has 0 amide bonds. The Kier molecular flexibility index (Phi) is 3.36. The van der Waals surface area contributed by atoms with Crippen LogP contribution in [-0.2, 0) is 0 Å². The molecule has 1 aliphatic carbocycles. The molecule has 0 spiro atoms. The van der Waals surface area contributed by atoms with Crippen LogP contribution in [0.15, 0.2) is 34.7 Å². The minimum Gasteiger partial charge on any atom is -0.453 e. The number of para-hydroxylation sites is 1. The Bertz CT molecular complexity index is 553. The molecule has 1 saturated carbocycles. The molecule has 19 heavy (non-hydrogen) atoms. The van der Waals surface area contributed by atoms with Gasteiger partial charge in [0.1, 0.15) is 5.58 Å². The van der Waals surface area contributed by atoms with Crippen LogP contribution in [0.4, 0.5) is 0 Å². The van der Waals surface area contributed by atoms with Gasteiger partial charge in [-0.25, -0.2) is 0 Å². The smallest absolute Gasteiger partial charge is 0.211 e. The molecule has 0 bridgehead atoms. The van der Waals surface area contributed by atoms with Crippen molar-refractivity contribution in [3.05, 3.63) is 36.1 Å². The second-order valence-corrected chi connectivity index (χ2v) is 5.00. The van der Waals surface area contributed by atoms with Crippen molar-refractivity contribution in [3.8, 4) is 0 Å². The van der Waals surface area contributed by atoms with Gasteiger partial charge in [0, 0.05) is 18.0 Å². The van der Waals surface area contributed by atoms with Gasteiger partial charge >= 0.3 is 0 Å². The molecular weight excluding hydrogens is 242 g/mol. The molecule has 1 aromatic carbocycles. The van der Waals surface area contributed by atoms with Crippen LogP contribution in [0.25, 0.3) is 11.0 Å². The quantitative estimate of drug-likeness (QED) is 0.807. The van der Waals surface area contributed by atoms with Gasteiger partial charge in [0.2, 0.25) is 5.78 Å². The van der Waals surface area contributed by atoms with E-state index in [2.05, 4.69) is 0 Å². The zero-order valence-corrected chi connectivity index (χ0v) is 10.7. The van der Waals surface area contributed by atoms with Gasteiger partial charge in [-0.2, -0.15) is 0 Å². The number of carbonyl (C=O) groups excluding carboxylic acids is 1. The number of hydrogen-bond acceptors (Lipinski definition) is 4. The lowest BCUT2D eigenvalue weighted by Crippen LogP contribution is -2.34. The normalized spacial score (nSPS) is 15.3. The predicted octanol–water partition coefficient (Wildman–Crippen LogP) is 2.07. The third-order valence-corrected chi connectivity index (χ3v) is 3.50. The molecule has 1 N–H and O–H groups in total. The predicted molar refractivity (Wildman–Crippen MR) is 72.2 cm³/mol. The first-order chi connectivity index (χ1) is 9.28. The first-order valence-electron chi connectivity index (χ1n) is 6.64. The van der Waals surface area contributed by atoms with Crippen LogP contribution >= 0.6 is 0 Å². The van der Waals surface area contributed by atoms with E-state index in [4.69, 9.17) is 9.52 Å². The lowest BCUT2D eigenvalue weighted by Gasteiger charge is -2.18. The summed E-state index contributed by atoms with van der Waals surface area (Å²) in [5, 5.41) is 9.98. The highest BCUT2D eigenvalue weighted by Crippen LogP contribution is 2.27. The molecule has 1 heterocycles. The van der Waals surface area contributed by atoms with Crippen LogP contribution < -0.4 is 0 Å². The van der Waals surface area contributed by atoms with Gasteiger partial charge in [0.25, 0.3) is 0 Å². The summed E-state index contributed by atoms with van der Waals surface area (Å²) in [6.07, 6.45) is 2.24. The van der Waals surface area contributed by atoms with Crippen molar-refractivity contribution in [2.45, 2.75) is 18.9 Å². The molecule has 0 atom stereocenters. The highest BCUT2D eigenvalue weighted by molar-refractivity contribution is 5.98. The number of furan rings is 1. The Hall–Kier alpha value is -1.65. The molecule has 0 saturated heterocycles. The van der Waals surface area contributed by atoms with Gasteiger partial charge in [0.05, 0.1) is 13.2 Å². The number of benzene rings is 1. The van der Waals surface area contributed by atoms with Crippen LogP contribution in [0.1, 0.15) is 23.4 Å². The van der Waals surface area contributed by atoms with Crippen molar-refractivity contribution in [3.63, 3.8) is 0 Å². The van der Waals surface area contributed by atoms with E-state index in [1.807, 2.05) is 29.2 Å². The van der Waals surface area contributed by atoms with Gasteiger partial charge in [-0.1, -0.05) is 18.2 Å². The summed E-state index contributed by atoms with van der Waals surface area (Å²) in [4.78, 5) is 14.3. The van der Waals surface area contributed by atoms with Crippen LogP contribution in [-0.4, -0.2) is 41.5 Å². The Morgan fingerprint density at radius 1 is 1.37 bits per heavy atom. The first-order valence-corrected chi connectivity index (χ1v) is 6.64. The average Bonchev–Trinajstić information content (AvgIpc) is 3.16. The molecule has 2 aromatic rings. The van der Waals surface area contributed by atoms with Crippen molar-refractivity contribution >= 4 is 16.8 Å². The van der Waals surface area contributed by atoms with E-state index in [9.17, 15) is 4.79 Å². The molecule has 1 fully saturated rings. The summed E-state index contributed by atoms with van der Waals surface area (Å²) < 4.78 is 5.57. The Labute approximate surface area is 111 Å². The maximum absolute atomic E-state index is 12.2. The molecule has 4 heteroatoms. The molecule has 0 aliphatic heterocycles. The highest BCUT2D eigenvalue weighted by Gasteiger charge is 2.30. The molecule has 0 unspecified atom stereocenters. The second-order valence-electron chi connectivity index (χ2n) is 5.00. The van der Waals surface area contributed by atoms with Gasteiger partial charge in [-0.05, 0) is 25.0 Å². The lowest BCUT2D eigenvalue weighted by atomic mass is 10.2. The monoisotopic (exact) mass is 259 g/mol. The van der Waals surface area contributed by atoms with Crippen LogP contribution in [0.5, 0.6) is 0 Å². The highest BCUT2D eigenvalue weighted by atomic mass is 16.3. The third kappa shape index (κ3) is 2.69. The number of aliphatic hydroxyl groups excluding tert-OH is 1. The summed E-state index contributed by atoms with van der Waals surface area (Å²) in [6, 6.07) is 9.86. The number of fused-ring (bicyclic) bond motifs is 1. The summed E-state index contributed by atoms with van der Waals surface area (Å²) in [5.41, 5.74) is 0.742. The van der Waals surface area contributed by atoms with E-state index in [1.54, 1.807) is 6.07 Å². The molecule has 3 rings (SSSR count). The molecule has 0 radical (unpaired) electrons. The zero-order valence-electron chi connectivity index (χ0n) is 10.7. The van der Waals surface area contributed by atoms with Crippen molar-refractivity contribution in [2.24, 2.45) is 0 Å². The fourth-order valence-electron chi connectivity index (χ4n) is 2.34. The van der Waals surface area contributed by atoms with E-state index >= 15 is 0 Å². The number of ketones is 1.